The molecule has 38 heavy (non-hydrogen) atoms. The SMILES string of the molecule is CCCCCCCOC(=O)COc1ccc2c(c1)C(=O)c1cc(OCC(=O)OCCCCCCC)ccc1-2. The Morgan fingerprint density at radius 1 is 0.579 bits per heavy atom. The Kier molecular flexibility index (Phi) is 12.1. The van der Waals surface area contributed by atoms with Gasteiger partial charge in [-0.3, -0.25) is 4.79 Å². The van der Waals surface area contributed by atoms with Crippen LogP contribution < -0.4 is 9.47 Å². The highest BCUT2D eigenvalue weighted by Gasteiger charge is 2.28. The molecule has 0 fully saturated rings. The zero-order chi connectivity index (χ0) is 27.2. The maximum Gasteiger partial charge on any atom is 0.344 e. The van der Waals surface area contributed by atoms with Gasteiger partial charge in [0.15, 0.2) is 19.0 Å². The van der Waals surface area contributed by atoms with E-state index in [2.05, 4.69) is 13.8 Å². The van der Waals surface area contributed by atoms with E-state index in [0.29, 0.717) is 35.8 Å². The molecule has 0 atom stereocenters. The Bertz CT molecular complexity index is 992. The van der Waals surface area contributed by atoms with Crippen LogP contribution in [0.1, 0.15) is 94.0 Å². The molecule has 0 N–H and O–H groups in total. The van der Waals surface area contributed by atoms with E-state index >= 15 is 0 Å². The summed E-state index contributed by atoms with van der Waals surface area (Å²) in [6, 6.07) is 10.4. The van der Waals surface area contributed by atoms with Crippen molar-refractivity contribution < 1.29 is 33.3 Å². The van der Waals surface area contributed by atoms with Crippen LogP contribution in [0.15, 0.2) is 36.4 Å². The van der Waals surface area contributed by atoms with Gasteiger partial charge in [-0.05, 0) is 60.4 Å². The second kappa shape index (κ2) is 15.8. The fourth-order valence-corrected chi connectivity index (χ4v) is 4.37. The summed E-state index contributed by atoms with van der Waals surface area (Å²) in [4.78, 5) is 37.0. The van der Waals surface area contributed by atoms with E-state index in [0.717, 1.165) is 49.7 Å². The number of fused-ring (bicyclic) bond motifs is 3. The van der Waals surface area contributed by atoms with Gasteiger partial charge < -0.3 is 18.9 Å². The summed E-state index contributed by atoms with van der Waals surface area (Å²) < 4.78 is 21.6. The van der Waals surface area contributed by atoms with Crippen molar-refractivity contribution in [2.24, 2.45) is 0 Å². The van der Waals surface area contributed by atoms with Gasteiger partial charge in [0.1, 0.15) is 11.5 Å². The molecule has 0 aromatic heterocycles. The fourth-order valence-electron chi connectivity index (χ4n) is 4.37. The number of carbonyl (C=O) groups excluding carboxylic acids is 3. The number of hydrogen-bond donors (Lipinski definition) is 0. The second-order valence-corrected chi connectivity index (χ2v) is 9.59. The van der Waals surface area contributed by atoms with Gasteiger partial charge in [-0.15, -0.1) is 0 Å². The van der Waals surface area contributed by atoms with Crippen molar-refractivity contribution in [1.29, 1.82) is 0 Å². The number of unbranched alkanes of at least 4 members (excludes halogenated alkanes) is 8. The smallest absolute Gasteiger partial charge is 0.344 e. The van der Waals surface area contributed by atoms with E-state index in [1.807, 2.05) is 12.1 Å². The minimum Gasteiger partial charge on any atom is -0.482 e. The van der Waals surface area contributed by atoms with Crippen molar-refractivity contribution in [2.75, 3.05) is 26.4 Å². The predicted octanol–water partition coefficient (Wildman–Crippen LogP) is 6.68. The molecule has 0 saturated heterocycles. The van der Waals surface area contributed by atoms with Gasteiger partial charge in [0.2, 0.25) is 0 Å². The molecule has 3 rings (SSSR count). The number of carbonyl (C=O) groups is 3. The Morgan fingerprint density at radius 2 is 1.00 bits per heavy atom. The van der Waals surface area contributed by atoms with E-state index in [4.69, 9.17) is 18.9 Å². The largest absolute Gasteiger partial charge is 0.482 e. The highest BCUT2D eigenvalue weighted by atomic mass is 16.6. The molecule has 206 valence electrons. The lowest BCUT2D eigenvalue weighted by Crippen LogP contribution is -2.15. The van der Waals surface area contributed by atoms with Gasteiger partial charge in [-0.2, -0.15) is 0 Å². The summed E-state index contributed by atoms with van der Waals surface area (Å²) in [5, 5.41) is 0. The van der Waals surface area contributed by atoms with E-state index in [-0.39, 0.29) is 19.0 Å². The summed E-state index contributed by atoms with van der Waals surface area (Å²) in [5.74, 6) is -0.146. The lowest BCUT2D eigenvalue weighted by molar-refractivity contribution is -0.147. The number of ketones is 1. The van der Waals surface area contributed by atoms with Crippen molar-refractivity contribution in [3.8, 4) is 22.6 Å². The van der Waals surface area contributed by atoms with Crippen molar-refractivity contribution in [3.05, 3.63) is 47.5 Å². The lowest BCUT2D eigenvalue weighted by Gasteiger charge is -2.09. The summed E-state index contributed by atoms with van der Waals surface area (Å²) in [6.07, 6.45) is 10.8. The minimum absolute atomic E-state index is 0.157. The van der Waals surface area contributed by atoms with Crippen molar-refractivity contribution in [1.82, 2.24) is 0 Å². The highest BCUT2D eigenvalue weighted by molar-refractivity contribution is 6.22. The van der Waals surface area contributed by atoms with Crippen LogP contribution in [0.3, 0.4) is 0 Å². The Hall–Kier alpha value is -3.35. The fraction of sp³-hybridized carbons (Fsp3) is 0.516. The summed E-state index contributed by atoms with van der Waals surface area (Å²) >= 11 is 0. The maximum absolute atomic E-state index is 13.1. The number of hydrogen-bond acceptors (Lipinski definition) is 7. The molecule has 1 aliphatic rings. The van der Waals surface area contributed by atoms with Crippen LogP contribution in [0, 0.1) is 0 Å². The molecule has 0 heterocycles. The number of benzene rings is 2. The van der Waals surface area contributed by atoms with Crippen molar-refractivity contribution in [2.45, 2.75) is 78.1 Å². The molecule has 0 radical (unpaired) electrons. The molecular weight excluding hydrogens is 484 g/mol. The van der Waals surface area contributed by atoms with Crippen LogP contribution in [-0.4, -0.2) is 44.1 Å². The molecule has 2 aromatic carbocycles. The first-order valence-corrected chi connectivity index (χ1v) is 13.9. The van der Waals surface area contributed by atoms with E-state index in [1.54, 1.807) is 24.3 Å². The Labute approximate surface area is 225 Å². The topological polar surface area (TPSA) is 88.1 Å². The summed E-state index contributed by atoms with van der Waals surface area (Å²) in [7, 11) is 0. The summed E-state index contributed by atoms with van der Waals surface area (Å²) in [6.45, 7) is 4.69. The Balaban J connectivity index is 1.45. The monoisotopic (exact) mass is 524 g/mol. The highest BCUT2D eigenvalue weighted by Crippen LogP contribution is 2.39. The van der Waals surface area contributed by atoms with Crippen LogP contribution in [0.2, 0.25) is 0 Å². The molecule has 0 saturated carbocycles. The third-order valence-electron chi connectivity index (χ3n) is 6.50. The molecular formula is C31H40O7. The standard InChI is InChI=1S/C31H40O7/c1-3-5-7-9-11-17-35-29(32)21-37-23-13-15-25-26-16-14-24(20-28(26)31(34)27(25)19-23)38-22-30(33)36-18-12-10-8-6-4-2/h13-16,19-20H,3-12,17-18,21-22H2,1-2H3. The molecule has 0 aliphatic heterocycles. The molecule has 7 heteroatoms. The first kappa shape index (κ1) is 29.2. The predicted molar refractivity (Wildman–Crippen MR) is 146 cm³/mol. The molecule has 0 spiro atoms. The second-order valence-electron chi connectivity index (χ2n) is 9.59. The van der Waals surface area contributed by atoms with Crippen LogP contribution in [-0.2, 0) is 19.1 Å². The molecule has 0 bridgehead atoms. The van der Waals surface area contributed by atoms with Gasteiger partial charge in [0.25, 0.3) is 0 Å². The first-order valence-electron chi connectivity index (χ1n) is 13.9. The van der Waals surface area contributed by atoms with Gasteiger partial charge >= 0.3 is 11.9 Å². The minimum atomic E-state index is -0.424. The van der Waals surface area contributed by atoms with Gasteiger partial charge in [0, 0.05) is 11.1 Å². The molecule has 1 aliphatic carbocycles. The van der Waals surface area contributed by atoms with Gasteiger partial charge in [-0.1, -0.05) is 65.2 Å². The maximum atomic E-state index is 13.1. The molecule has 7 nitrogen and oxygen atoms in total. The number of esters is 2. The number of ether oxygens (including phenoxy) is 4. The average Bonchev–Trinajstić information content (AvgIpc) is 3.20. The third-order valence-corrected chi connectivity index (χ3v) is 6.50. The van der Waals surface area contributed by atoms with Crippen molar-refractivity contribution in [3.63, 3.8) is 0 Å². The Morgan fingerprint density at radius 3 is 1.42 bits per heavy atom. The lowest BCUT2D eigenvalue weighted by atomic mass is 10.1. The summed E-state index contributed by atoms with van der Waals surface area (Å²) in [5.41, 5.74) is 2.59. The van der Waals surface area contributed by atoms with Crippen molar-refractivity contribution >= 4 is 17.7 Å². The van der Waals surface area contributed by atoms with Crippen LogP contribution in [0.5, 0.6) is 11.5 Å². The molecule has 2 aromatic rings. The van der Waals surface area contributed by atoms with Crippen LogP contribution in [0.25, 0.3) is 11.1 Å². The normalized spacial score (nSPS) is 11.6. The van der Waals surface area contributed by atoms with Gasteiger partial charge in [0.05, 0.1) is 13.2 Å². The zero-order valence-corrected chi connectivity index (χ0v) is 22.7. The first-order chi connectivity index (χ1) is 18.5. The van der Waals surface area contributed by atoms with E-state index < -0.39 is 11.9 Å². The van der Waals surface area contributed by atoms with Crippen LogP contribution in [0.4, 0.5) is 0 Å². The molecule has 0 amide bonds. The van der Waals surface area contributed by atoms with E-state index in [1.165, 1.54) is 25.7 Å². The quantitative estimate of drug-likeness (QED) is 0.135. The zero-order valence-electron chi connectivity index (χ0n) is 22.7. The van der Waals surface area contributed by atoms with E-state index in [9.17, 15) is 14.4 Å². The van der Waals surface area contributed by atoms with Crippen LogP contribution >= 0.6 is 0 Å². The third kappa shape index (κ3) is 8.89. The van der Waals surface area contributed by atoms with Gasteiger partial charge in [-0.25, -0.2) is 9.59 Å². The molecule has 0 unspecified atom stereocenters. The average molecular weight is 525 g/mol. The number of rotatable bonds is 18.